The molecule has 0 radical (unpaired) electrons. The van der Waals surface area contributed by atoms with Crippen molar-refractivity contribution in [2.45, 2.75) is 9.79 Å². The Balaban J connectivity index is 0.000000241. The molecule has 0 saturated carbocycles. The van der Waals surface area contributed by atoms with Gasteiger partial charge in [0.15, 0.2) is 0 Å². The summed E-state index contributed by atoms with van der Waals surface area (Å²) >= 11 is 0. The Hall–Kier alpha value is -0.720. The molecule has 2 aliphatic rings. The molecule has 0 aliphatic carbocycles. The van der Waals surface area contributed by atoms with Crippen LogP contribution >= 0.6 is 0 Å². The molecule has 2 aliphatic heterocycles. The average Bonchev–Trinajstić information content (AvgIpc) is 2.91. The van der Waals surface area contributed by atoms with E-state index in [4.69, 9.17) is 0 Å². The quantitative estimate of drug-likeness (QED) is 0.396. The molecule has 0 spiro atoms. The molecule has 26 heavy (non-hydrogen) atoms. The summed E-state index contributed by atoms with van der Waals surface area (Å²) in [5, 5.41) is 21.9. The van der Waals surface area contributed by atoms with Gasteiger partial charge >= 0.3 is 59.1 Å². The first-order chi connectivity index (χ1) is 11.2. The minimum absolute atomic E-state index is 0. The van der Waals surface area contributed by atoms with Gasteiger partial charge in [0.05, 0.1) is 9.79 Å². The van der Waals surface area contributed by atoms with Gasteiger partial charge in [-0.05, 0) is 12.1 Å². The number of fused-ring (bicyclic) bond motifs is 2. The molecule has 4 rings (SSSR count). The van der Waals surface area contributed by atoms with Gasteiger partial charge in [-0.3, -0.25) is 0 Å². The minimum Gasteiger partial charge on any atom is -0.858 e. The summed E-state index contributed by atoms with van der Waals surface area (Å²) in [6, 6.07) is 12.0. The zero-order chi connectivity index (χ0) is 17.5. The SMILES string of the molecule is O=S1(=O)N=C([O-])c2ccccc21.O=S1(=O)N=C([O-])c2ccccc21.[Na+].[Na+]. The first-order valence-corrected chi connectivity index (χ1v) is 9.33. The second-order valence-electron chi connectivity index (χ2n) is 4.74. The Labute approximate surface area is 194 Å². The Morgan fingerprint density at radius 3 is 1.23 bits per heavy atom. The Morgan fingerprint density at radius 1 is 0.615 bits per heavy atom. The van der Waals surface area contributed by atoms with Gasteiger partial charge in [-0.1, -0.05) is 36.4 Å². The molecule has 0 bridgehead atoms. The van der Waals surface area contributed by atoms with Gasteiger partial charge in [0.25, 0.3) is 20.0 Å². The molecule has 0 saturated heterocycles. The van der Waals surface area contributed by atoms with Crippen molar-refractivity contribution in [3.05, 3.63) is 59.7 Å². The number of nitrogens with zero attached hydrogens (tertiary/aromatic N) is 2. The molecule has 12 heteroatoms. The molecular weight excluding hydrogens is 402 g/mol. The summed E-state index contributed by atoms with van der Waals surface area (Å²) in [6.45, 7) is 0. The third-order valence-corrected chi connectivity index (χ3v) is 5.83. The van der Waals surface area contributed by atoms with E-state index in [0.717, 1.165) is 0 Å². The molecule has 2 aromatic carbocycles. The van der Waals surface area contributed by atoms with Gasteiger partial charge in [-0.15, -0.1) is 0 Å². The van der Waals surface area contributed by atoms with Crippen LogP contribution in [0.15, 0.2) is 67.1 Å². The average molecular weight is 410 g/mol. The molecule has 2 heterocycles. The molecule has 0 aromatic heterocycles. The van der Waals surface area contributed by atoms with Crippen LogP contribution in [0.5, 0.6) is 0 Å². The summed E-state index contributed by atoms with van der Waals surface area (Å²) in [5.41, 5.74) is 0.329. The first-order valence-electron chi connectivity index (χ1n) is 6.45. The molecule has 0 unspecified atom stereocenters. The van der Waals surface area contributed by atoms with E-state index >= 15 is 0 Å². The topological polar surface area (TPSA) is 139 Å². The smallest absolute Gasteiger partial charge is 0.858 e. The van der Waals surface area contributed by atoms with Crippen molar-refractivity contribution in [1.29, 1.82) is 0 Å². The van der Waals surface area contributed by atoms with Crippen LogP contribution in [0, 0.1) is 0 Å². The van der Waals surface area contributed by atoms with Crippen molar-refractivity contribution in [1.82, 2.24) is 0 Å². The summed E-state index contributed by atoms with van der Waals surface area (Å²) in [5.74, 6) is -1.35. The van der Waals surface area contributed by atoms with E-state index in [1.165, 1.54) is 24.3 Å². The summed E-state index contributed by atoms with van der Waals surface area (Å²) < 4.78 is 50.3. The van der Waals surface area contributed by atoms with E-state index in [-0.39, 0.29) is 80.0 Å². The fourth-order valence-electron chi connectivity index (χ4n) is 2.15. The van der Waals surface area contributed by atoms with Crippen molar-refractivity contribution in [3.63, 3.8) is 0 Å². The van der Waals surface area contributed by atoms with Gasteiger partial charge < -0.3 is 10.2 Å². The number of benzene rings is 2. The fourth-order valence-corrected chi connectivity index (χ4v) is 4.35. The molecule has 2 aromatic rings. The number of hydrogen-bond donors (Lipinski definition) is 0. The summed E-state index contributed by atoms with van der Waals surface area (Å²) in [4.78, 5) is 0.0185. The van der Waals surface area contributed by atoms with Gasteiger partial charge in [0.2, 0.25) is 0 Å². The zero-order valence-corrected chi connectivity index (χ0v) is 19.4. The van der Waals surface area contributed by atoms with Crippen LogP contribution in [-0.2, 0) is 20.0 Å². The van der Waals surface area contributed by atoms with Crippen molar-refractivity contribution in [3.8, 4) is 0 Å². The van der Waals surface area contributed by atoms with E-state index in [0.29, 0.717) is 0 Å². The maximum Gasteiger partial charge on any atom is 1.00 e. The van der Waals surface area contributed by atoms with E-state index in [1.807, 2.05) is 0 Å². The van der Waals surface area contributed by atoms with Crippen LogP contribution in [0.25, 0.3) is 0 Å². The first kappa shape index (κ1) is 23.3. The largest absolute Gasteiger partial charge is 1.00 e. The van der Waals surface area contributed by atoms with Crippen molar-refractivity contribution >= 4 is 31.8 Å². The molecule has 0 atom stereocenters. The zero-order valence-electron chi connectivity index (χ0n) is 13.8. The van der Waals surface area contributed by atoms with Crippen LogP contribution in [0.3, 0.4) is 0 Å². The Bertz CT molecular complexity index is 1020. The molecule has 0 fully saturated rings. The molecule has 8 nitrogen and oxygen atoms in total. The monoisotopic (exact) mass is 410 g/mol. The van der Waals surface area contributed by atoms with Gasteiger partial charge in [0, 0.05) is 22.9 Å². The van der Waals surface area contributed by atoms with Gasteiger partial charge in [-0.25, -0.2) is 0 Å². The van der Waals surface area contributed by atoms with Crippen molar-refractivity contribution in [2.24, 2.45) is 8.80 Å². The third-order valence-electron chi connectivity index (χ3n) is 3.20. The van der Waals surface area contributed by atoms with Crippen LogP contribution in [-0.4, -0.2) is 28.6 Å². The number of sulfonamides is 2. The molecule has 0 amide bonds. The Kier molecular flexibility index (Phi) is 7.65. The van der Waals surface area contributed by atoms with Crippen molar-refractivity contribution < 1.29 is 86.2 Å². The number of rotatable bonds is 0. The normalized spacial score (nSPS) is 17.1. The van der Waals surface area contributed by atoms with Crippen LogP contribution in [0.1, 0.15) is 11.1 Å². The standard InChI is InChI=1S/2C7H5NO3S.2Na/c2*9-7-5-3-1-2-4-6(5)12(10,11)8-7;;/h2*1-4H,(H,8,9);;/q;;2*+1/p-2. The maximum absolute atomic E-state index is 11.1. The fraction of sp³-hybridized carbons (Fsp3) is 0. The van der Waals surface area contributed by atoms with E-state index < -0.39 is 31.8 Å². The predicted molar refractivity (Wildman–Crippen MR) is 80.3 cm³/mol. The predicted octanol–water partition coefficient (Wildman–Crippen LogP) is -7.00. The molecule has 0 N–H and O–H groups in total. The Morgan fingerprint density at radius 2 is 0.923 bits per heavy atom. The van der Waals surface area contributed by atoms with E-state index in [2.05, 4.69) is 8.80 Å². The summed E-state index contributed by atoms with van der Waals surface area (Å²) in [6.07, 6.45) is 0. The van der Waals surface area contributed by atoms with E-state index in [1.54, 1.807) is 24.3 Å². The molecular formula is C14H8N2Na2O6S2. The van der Waals surface area contributed by atoms with Gasteiger partial charge in [0.1, 0.15) is 0 Å². The van der Waals surface area contributed by atoms with Gasteiger partial charge in [-0.2, -0.15) is 25.6 Å². The second-order valence-corrected chi connectivity index (χ2v) is 7.88. The second kappa shape index (κ2) is 8.53. The van der Waals surface area contributed by atoms with E-state index in [9.17, 15) is 27.0 Å². The molecule has 124 valence electrons. The minimum atomic E-state index is -3.68. The van der Waals surface area contributed by atoms with Crippen LogP contribution < -0.4 is 69.3 Å². The third kappa shape index (κ3) is 4.39. The van der Waals surface area contributed by atoms with Crippen molar-refractivity contribution in [2.75, 3.05) is 0 Å². The summed E-state index contributed by atoms with van der Waals surface area (Å²) in [7, 11) is -7.36. The number of hydrogen-bond acceptors (Lipinski definition) is 6. The maximum atomic E-state index is 11.1. The van der Waals surface area contributed by atoms with Crippen LogP contribution in [0.2, 0.25) is 0 Å². The van der Waals surface area contributed by atoms with Crippen LogP contribution in [0.4, 0.5) is 0 Å².